The average Bonchev–Trinajstić information content (AvgIpc) is 3.09. The van der Waals surface area contributed by atoms with Crippen LogP contribution in [0.4, 0.5) is 5.69 Å². The van der Waals surface area contributed by atoms with Crippen molar-refractivity contribution < 1.29 is 4.79 Å². The van der Waals surface area contributed by atoms with Gasteiger partial charge in [-0.25, -0.2) is 4.79 Å². The van der Waals surface area contributed by atoms with E-state index in [0.29, 0.717) is 5.52 Å². The third-order valence-electron chi connectivity index (χ3n) is 4.19. The van der Waals surface area contributed by atoms with Gasteiger partial charge in [0.15, 0.2) is 5.52 Å². The molecule has 136 valence electrons. The van der Waals surface area contributed by atoms with Gasteiger partial charge in [0.05, 0.1) is 5.52 Å². The Morgan fingerprint density at radius 1 is 1.27 bits per heavy atom. The highest BCUT2D eigenvalue weighted by Gasteiger charge is 2.19. The summed E-state index contributed by atoms with van der Waals surface area (Å²) in [5.74, 6) is -0.325. The summed E-state index contributed by atoms with van der Waals surface area (Å²) < 4.78 is 6.54. The smallest absolute Gasteiger partial charge is 0.324 e. The maximum absolute atomic E-state index is 12.8. The lowest BCUT2D eigenvalue weighted by Gasteiger charge is -2.14. The predicted octanol–water partition coefficient (Wildman–Crippen LogP) is 2.40. The normalized spacial score (nSPS) is 11.2. The number of anilines is 1. The first-order valence-corrected chi connectivity index (χ1v) is 9.24. The summed E-state index contributed by atoms with van der Waals surface area (Å²) in [4.78, 5) is 37.8. The average molecular weight is 372 g/mol. The van der Waals surface area contributed by atoms with E-state index in [0.717, 1.165) is 33.8 Å². The second kappa shape index (κ2) is 7.25. The number of nitrogens with one attached hydrogen (secondary N) is 1. The zero-order chi connectivity index (χ0) is 18.8. The number of aryl methyl sites for hydroxylation is 1. The molecule has 3 rings (SSSR count). The van der Waals surface area contributed by atoms with Gasteiger partial charge in [0.1, 0.15) is 6.54 Å². The van der Waals surface area contributed by atoms with Crippen LogP contribution in [0.15, 0.2) is 39.2 Å². The zero-order valence-corrected chi connectivity index (χ0v) is 15.7. The Kier molecular flexibility index (Phi) is 5.03. The number of para-hydroxylation sites is 1. The number of benzene rings is 1. The van der Waals surface area contributed by atoms with Gasteiger partial charge in [-0.2, -0.15) is 4.37 Å². The van der Waals surface area contributed by atoms with Gasteiger partial charge in [-0.1, -0.05) is 25.1 Å². The van der Waals surface area contributed by atoms with E-state index < -0.39 is 11.2 Å². The molecule has 1 aromatic carbocycles. The summed E-state index contributed by atoms with van der Waals surface area (Å²) in [5, 5.41) is 4.48. The molecule has 3 aromatic rings. The van der Waals surface area contributed by atoms with Crippen LogP contribution >= 0.6 is 11.5 Å². The Morgan fingerprint density at radius 2 is 2.00 bits per heavy atom. The maximum atomic E-state index is 12.8. The van der Waals surface area contributed by atoms with E-state index in [2.05, 4.69) is 9.69 Å². The SMILES string of the molecule is CCc1ccccc1NC(=O)Cn1c(=O)n(C(C)C)c(=O)c2nscc21. The summed E-state index contributed by atoms with van der Waals surface area (Å²) in [7, 11) is 0. The molecule has 0 atom stereocenters. The second-order valence-corrected chi connectivity index (χ2v) is 6.87. The first-order chi connectivity index (χ1) is 12.4. The first-order valence-electron chi connectivity index (χ1n) is 8.41. The summed E-state index contributed by atoms with van der Waals surface area (Å²) in [6, 6.07) is 7.22. The van der Waals surface area contributed by atoms with E-state index in [9.17, 15) is 14.4 Å². The van der Waals surface area contributed by atoms with Gasteiger partial charge >= 0.3 is 5.69 Å². The molecule has 7 nitrogen and oxygen atoms in total. The molecule has 0 aliphatic carbocycles. The largest absolute Gasteiger partial charge is 0.332 e. The van der Waals surface area contributed by atoms with Crippen LogP contribution in [0.1, 0.15) is 32.4 Å². The number of hydrogen-bond acceptors (Lipinski definition) is 5. The summed E-state index contributed by atoms with van der Waals surface area (Å²) in [5.41, 5.74) is 1.42. The molecule has 2 aromatic heterocycles. The van der Waals surface area contributed by atoms with Gasteiger partial charge in [0.2, 0.25) is 5.91 Å². The molecule has 0 radical (unpaired) electrons. The Morgan fingerprint density at radius 3 is 2.69 bits per heavy atom. The lowest BCUT2D eigenvalue weighted by molar-refractivity contribution is -0.116. The molecule has 1 N–H and O–H groups in total. The lowest BCUT2D eigenvalue weighted by Crippen LogP contribution is -2.42. The minimum Gasteiger partial charge on any atom is -0.324 e. The number of nitrogens with zero attached hydrogens (tertiary/aromatic N) is 3. The molecule has 0 saturated heterocycles. The van der Waals surface area contributed by atoms with E-state index in [1.165, 1.54) is 4.57 Å². The molecule has 0 fully saturated rings. The van der Waals surface area contributed by atoms with Gasteiger partial charge in [-0.05, 0) is 43.4 Å². The highest BCUT2D eigenvalue weighted by molar-refractivity contribution is 7.04. The zero-order valence-electron chi connectivity index (χ0n) is 14.9. The highest BCUT2D eigenvalue weighted by Crippen LogP contribution is 2.16. The van der Waals surface area contributed by atoms with Crippen molar-refractivity contribution in [2.75, 3.05) is 5.32 Å². The highest BCUT2D eigenvalue weighted by atomic mass is 32.1. The van der Waals surface area contributed by atoms with Crippen LogP contribution in [0.25, 0.3) is 11.0 Å². The van der Waals surface area contributed by atoms with E-state index in [1.807, 2.05) is 31.2 Å². The number of carbonyl (C=O) groups is 1. The number of aromatic nitrogens is 3. The van der Waals surface area contributed by atoms with Crippen LogP contribution < -0.4 is 16.6 Å². The fourth-order valence-electron chi connectivity index (χ4n) is 2.90. The number of amides is 1. The third kappa shape index (κ3) is 3.20. The van der Waals surface area contributed by atoms with Gasteiger partial charge in [-0.15, -0.1) is 0 Å². The Balaban J connectivity index is 2.01. The van der Waals surface area contributed by atoms with Crippen molar-refractivity contribution in [1.82, 2.24) is 13.5 Å². The predicted molar refractivity (Wildman–Crippen MR) is 103 cm³/mol. The maximum Gasteiger partial charge on any atom is 0.332 e. The van der Waals surface area contributed by atoms with Crippen molar-refractivity contribution in [2.45, 2.75) is 39.8 Å². The van der Waals surface area contributed by atoms with Crippen LogP contribution in [-0.2, 0) is 17.8 Å². The van der Waals surface area contributed by atoms with Crippen molar-refractivity contribution in [1.29, 1.82) is 0 Å². The quantitative estimate of drug-likeness (QED) is 0.745. The number of fused-ring (bicyclic) bond motifs is 1. The Labute approximate surface area is 154 Å². The number of hydrogen-bond donors (Lipinski definition) is 1. The van der Waals surface area contributed by atoms with Crippen LogP contribution in [0, 0.1) is 0 Å². The van der Waals surface area contributed by atoms with Crippen LogP contribution in [0.3, 0.4) is 0 Å². The molecule has 8 heteroatoms. The van der Waals surface area contributed by atoms with Crippen molar-refractivity contribution in [3.63, 3.8) is 0 Å². The van der Waals surface area contributed by atoms with E-state index >= 15 is 0 Å². The second-order valence-electron chi connectivity index (χ2n) is 6.24. The standard InChI is InChI=1S/C18H20N4O3S/c1-4-12-7-5-6-8-13(12)19-15(23)9-21-14-10-26-20-16(14)17(24)22(11(2)3)18(21)25/h5-8,10-11H,4,9H2,1-3H3,(H,19,23). The summed E-state index contributed by atoms with van der Waals surface area (Å²) in [6.45, 7) is 5.33. The minimum atomic E-state index is -0.503. The fourth-order valence-corrected chi connectivity index (χ4v) is 3.57. The third-order valence-corrected chi connectivity index (χ3v) is 4.81. The van der Waals surface area contributed by atoms with E-state index in [1.54, 1.807) is 19.2 Å². The first kappa shape index (κ1) is 18.1. The fraction of sp³-hybridized carbons (Fsp3) is 0.333. The molecule has 0 aliphatic heterocycles. The molecular weight excluding hydrogens is 352 g/mol. The van der Waals surface area contributed by atoms with E-state index in [-0.39, 0.29) is 24.0 Å². The lowest BCUT2D eigenvalue weighted by atomic mass is 10.1. The molecule has 0 aliphatic rings. The molecule has 1 amide bonds. The molecule has 0 bridgehead atoms. The van der Waals surface area contributed by atoms with Crippen LogP contribution in [0.2, 0.25) is 0 Å². The van der Waals surface area contributed by atoms with Gasteiger partial charge in [0.25, 0.3) is 5.56 Å². The van der Waals surface area contributed by atoms with E-state index in [4.69, 9.17) is 0 Å². The molecule has 2 heterocycles. The van der Waals surface area contributed by atoms with Crippen molar-refractivity contribution in [2.24, 2.45) is 0 Å². The molecule has 0 spiro atoms. The summed E-state index contributed by atoms with van der Waals surface area (Å²) in [6.07, 6.45) is 0.785. The van der Waals surface area contributed by atoms with Crippen molar-refractivity contribution >= 4 is 34.2 Å². The monoisotopic (exact) mass is 372 g/mol. The van der Waals surface area contributed by atoms with Gasteiger partial charge in [0, 0.05) is 17.1 Å². The van der Waals surface area contributed by atoms with Crippen LogP contribution in [-0.4, -0.2) is 19.4 Å². The summed E-state index contributed by atoms with van der Waals surface area (Å²) >= 11 is 1.09. The molecule has 0 saturated carbocycles. The minimum absolute atomic E-state index is 0.182. The Bertz CT molecular complexity index is 1080. The van der Waals surface area contributed by atoms with Crippen molar-refractivity contribution in [3.8, 4) is 0 Å². The van der Waals surface area contributed by atoms with Gasteiger partial charge < -0.3 is 5.32 Å². The Hall–Kier alpha value is -2.74. The van der Waals surface area contributed by atoms with Gasteiger partial charge in [-0.3, -0.25) is 18.7 Å². The van der Waals surface area contributed by atoms with Crippen LogP contribution in [0.5, 0.6) is 0 Å². The number of carbonyl (C=O) groups excluding carboxylic acids is 1. The molecule has 0 unspecified atom stereocenters. The topological polar surface area (TPSA) is 86.0 Å². The molecule has 26 heavy (non-hydrogen) atoms. The number of rotatable bonds is 5. The molecular formula is C18H20N4O3S. The van der Waals surface area contributed by atoms with Crippen molar-refractivity contribution in [3.05, 3.63) is 56.0 Å².